The highest BCUT2D eigenvalue weighted by atomic mass is 16.1. The number of allylic oxidation sites excluding steroid dienone is 1. The van der Waals surface area contributed by atoms with Gasteiger partial charge in [-0.3, -0.25) is 4.79 Å². The van der Waals surface area contributed by atoms with Gasteiger partial charge in [-0.2, -0.15) is 0 Å². The van der Waals surface area contributed by atoms with Crippen molar-refractivity contribution < 1.29 is 4.79 Å². The van der Waals surface area contributed by atoms with Crippen LogP contribution in [0.4, 0.5) is 0 Å². The molecule has 0 saturated carbocycles. The Kier molecular flexibility index (Phi) is 4.92. The summed E-state index contributed by atoms with van der Waals surface area (Å²) in [5.41, 5.74) is 1.03. The van der Waals surface area contributed by atoms with E-state index in [-0.39, 0.29) is 11.3 Å². The van der Waals surface area contributed by atoms with Crippen LogP contribution in [0.25, 0.3) is 0 Å². The zero-order chi connectivity index (χ0) is 10.5. The first-order valence-electron chi connectivity index (χ1n) is 4.78. The third kappa shape index (κ3) is 7.72. The predicted molar refractivity (Wildman–Crippen MR) is 56.8 cm³/mol. The Hall–Kier alpha value is -0.630. The van der Waals surface area contributed by atoms with E-state index >= 15 is 0 Å². The zero-order valence-corrected chi connectivity index (χ0v) is 9.24. The minimum atomic E-state index is 0.0171. The van der Waals surface area contributed by atoms with Gasteiger partial charge in [0.25, 0.3) is 0 Å². The van der Waals surface area contributed by atoms with Gasteiger partial charge in [-0.1, -0.05) is 19.1 Å². The number of nitrogens with one attached hydrogen (secondary N) is 1. The molecule has 0 fully saturated rings. The molecule has 0 radical (unpaired) electrons. The molecule has 0 aliphatic rings. The minimum Gasteiger partial charge on any atom is -0.305 e. The Labute approximate surface area is 81.4 Å². The van der Waals surface area contributed by atoms with E-state index in [4.69, 9.17) is 0 Å². The summed E-state index contributed by atoms with van der Waals surface area (Å²) < 4.78 is 0. The van der Waals surface area contributed by atoms with Crippen LogP contribution >= 0.6 is 0 Å². The lowest BCUT2D eigenvalue weighted by molar-refractivity contribution is -0.117. The summed E-state index contributed by atoms with van der Waals surface area (Å²) in [6, 6.07) is 0. The first-order valence-corrected chi connectivity index (χ1v) is 4.78. The first kappa shape index (κ1) is 12.4. The van der Waals surface area contributed by atoms with Crippen LogP contribution in [0.3, 0.4) is 0 Å². The number of hydrogen-bond donors (Lipinski definition) is 1. The fourth-order valence-corrected chi connectivity index (χ4v) is 0.830. The van der Waals surface area contributed by atoms with E-state index in [1.807, 2.05) is 6.92 Å². The number of carbonyl (C=O) groups is 1. The maximum absolute atomic E-state index is 11.3. The van der Waals surface area contributed by atoms with Crippen LogP contribution in [0, 0.1) is 0 Å². The van der Waals surface area contributed by atoms with Crippen molar-refractivity contribution >= 4 is 5.78 Å². The molecule has 0 saturated heterocycles. The Morgan fingerprint density at radius 1 is 1.38 bits per heavy atom. The maximum Gasteiger partial charge on any atom is 0.150 e. The van der Waals surface area contributed by atoms with E-state index < -0.39 is 0 Å². The second kappa shape index (κ2) is 5.18. The molecule has 0 heterocycles. The van der Waals surface area contributed by atoms with E-state index in [1.165, 1.54) is 0 Å². The number of hydrogen-bond acceptors (Lipinski definition) is 2. The van der Waals surface area contributed by atoms with E-state index in [0.717, 1.165) is 12.0 Å². The van der Waals surface area contributed by atoms with Crippen molar-refractivity contribution in [1.82, 2.24) is 5.32 Å². The average Bonchev–Trinajstić information content (AvgIpc) is 1.99. The van der Waals surface area contributed by atoms with Gasteiger partial charge in [-0.25, -0.2) is 0 Å². The summed E-state index contributed by atoms with van der Waals surface area (Å²) in [6.45, 7) is 12.4. The molecule has 13 heavy (non-hydrogen) atoms. The number of rotatable bonds is 5. The van der Waals surface area contributed by atoms with Crippen LogP contribution in [-0.4, -0.2) is 17.9 Å². The van der Waals surface area contributed by atoms with Crippen LogP contribution < -0.4 is 5.32 Å². The van der Waals surface area contributed by atoms with Crippen molar-refractivity contribution in [3.8, 4) is 0 Å². The second-order valence-electron chi connectivity index (χ2n) is 4.42. The highest BCUT2D eigenvalue weighted by molar-refractivity contribution is 5.82. The number of carbonyl (C=O) groups excluding carboxylic acids is 1. The maximum atomic E-state index is 11.3. The van der Waals surface area contributed by atoms with Crippen LogP contribution in [0.5, 0.6) is 0 Å². The van der Waals surface area contributed by atoms with Gasteiger partial charge in [0.05, 0.1) is 6.54 Å². The summed E-state index contributed by atoms with van der Waals surface area (Å²) in [6.07, 6.45) is 1.40. The molecule has 0 bridgehead atoms. The number of Topliss-reactive ketones (excluding diaryl/α,β-unsaturated/α-hetero) is 1. The monoisotopic (exact) mass is 183 g/mol. The zero-order valence-electron chi connectivity index (χ0n) is 9.24. The Bertz CT molecular complexity index is 189. The molecule has 0 aliphatic heterocycles. The standard InChI is InChI=1S/C11H21NO/c1-6-9(2)7-10(13)8-12-11(3,4)5/h12H,2,6-8H2,1,3-5H3. The highest BCUT2D eigenvalue weighted by Gasteiger charge is 2.11. The van der Waals surface area contributed by atoms with Gasteiger partial charge in [0.15, 0.2) is 5.78 Å². The smallest absolute Gasteiger partial charge is 0.150 e. The molecule has 0 aliphatic carbocycles. The van der Waals surface area contributed by atoms with Crippen LogP contribution in [0.15, 0.2) is 12.2 Å². The molecule has 0 spiro atoms. The molecule has 0 unspecified atom stereocenters. The van der Waals surface area contributed by atoms with Crippen molar-refractivity contribution in [3.63, 3.8) is 0 Å². The lowest BCUT2D eigenvalue weighted by Crippen LogP contribution is -2.39. The molecule has 2 nitrogen and oxygen atoms in total. The third-order valence-corrected chi connectivity index (χ3v) is 1.76. The van der Waals surface area contributed by atoms with E-state index in [2.05, 4.69) is 32.7 Å². The van der Waals surface area contributed by atoms with E-state index in [0.29, 0.717) is 13.0 Å². The topological polar surface area (TPSA) is 29.1 Å². The quantitative estimate of drug-likeness (QED) is 0.663. The van der Waals surface area contributed by atoms with Gasteiger partial charge in [0.2, 0.25) is 0 Å². The molecule has 0 atom stereocenters. The molecule has 0 aromatic carbocycles. The van der Waals surface area contributed by atoms with Crippen molar-refractivity contribution in [2.45, 2.75) is 46.1 Å². The minimum absolute atomic E-state index is 0.0171. The average molecular weight is 183 g/mol. The fourth-order valence-electron chi connectivity index (χ4n) is 0.830. The molecular formula is C11H21NO. The van der Waals surface area contributed by atoms with Crippen molar-refractivity contribution in [2.75, 3.05) is 6.54 Å². The van der Waals surface area contributed by atoms with Gasteiger partial charge >= 0.3 is 0 Å². The third-order valence-electron chi connectivity index (χ3n) is 1.76. The molecule has 0 rings (SSSR count). The Balaban J connectivity index is 3.70. The van der Waals surface area contributed by atoms with E-state index in [1.54, 1.807) is 0 Å². The van der Waals surface area contributed by atoms with Gasteiger partial charge in [0, 0.05) is 12.0 Å². The van der Waals surface area contributed by atoms with Gasteiger partial charge in [0.1, 0.15) is 0 Å². The molecule has 2 heteroatoms. The Morgan fingerprint density at radius 2 is 1.92 bits per heavy atom. The van der Waals surface area contributed by atoms with Crippen molar-refractivity contribution in [1.29, 1.82) is 0 Å². The SMILES string of the molecule is C=C(CC)CC(=O)CNC(C)(C)C. The molecule has 76 valence electrons. The van der Waals surface area contributed by atoms with Crippen molar-refractivity contribution in [3.05, 3.63) is 12.2 Å². The van der Waals surface area contributed by atoms with Crippen LogP contribution in [-0.2, 0) is 4.79 Å². The van der Waals surface area contributed by atoms with Crippen molar-refractivity contribution in [2.24, 2.45) is 0 Å². The second-order valence-corrected chi connectivity index (χ2v) is 4.42. The highest BCUT2D eigenvalue weighted by Crippen LogP contribution is 2.04. The molecule has 0 aromatic rings. The summed E-state index contributed by atoms with van der Waals surface area (Å²) >= 11 is 0. The fraction of sp³-hybridized carbons (Fsp3) is 0.727. The van der Waals surface area contributed by atoms with Gasteiger partial charge in [-0.15, -0.1) is 0 Å². The summed E-state index contributed by atoms with van der Waals surface area (Å²) in [4.78, 5) is 11.3. The lowest BCUT2D eigenvalue weighted by atomic mass is 10.1. The molecule has 0 amide bonds. The Morgan fingerprint density at radius 3 is 2.31 bits per heavy atom. The van der Waals surface area contributed by atoms with E-state index in [9.17, 15) is 4.79 Å². The summed E-state index contributed by atoms with van der Waals surface area (Å²) in [5, 5.41) is 3.16. The van der Waals surface area contributed by atoms with Crippen LogP contribution in [0.1, 0.15) is 40.5 Å². The number of ketones is 1. The predicted octanol–water partition coefficient (Wildman–Crippen LogP) is 2.30. The summed E-state index contributed by atoms with van der Waals surface area (Å²) in [5.74, 6) is 0.224. The lowest BCUT2D eigenvalue weighted by Gasteiger charge is -2.19. The largest absolute Gasteiger partial charge is 0.305 e. The normalized spacial score (nSPS) is 11.4. The summed E-state index contributed by atoms with van der Waals surface area (Å²) in [7, 11) is 0. The molecular weight excluding hydrogens is 162 g/mol. The molecule has 1 N–H and O–H groups in total. The molecule has 0 aromatic heterocycles. The van der Waals surface area contributed by atoms with Gasteiger partial charge in [-0.05, 0) is 27.2 Å². The first-order chi connectivity index (χ1) is 5.85. The van der Waals surface area contributed by atoms with Gasteiger partial charge < -0.3 is 5.32 Å². The van der Waals surface area contributed by atoms with Crippen LogP contribution in [0.2, 0.25) is 0 Å².